The molecule has 5 heteroatoms. The highest BCUT2D eigenvalue weighted by Crippen LogP contribution is 2.28. The largest absolute Gasteiger partial charge is 0.481 e. The Morgan fingerprint density at radius 1 is 1.60 bits per heavy atom. The molecule has 0 saturated heterocycles. The smallest absolute Gasteiger partial charge is 0.304 e. The fraction of sp³-hybridized carbons (Fsp3) is 0.400. The lowest BCUT2D eigenvalue weighted by Crippen LogP contribution is -2.15. The molecule has 0 bridgehead atoms. The molecule has 15 heavy (non-hydrogen) atoms. The van der Waals surface area contributed by atoms with E-state index in [2.05, 4.69) is 4.98 Å². The highest BCUT2D eigenvalue weighted by atomic mass is 19.3. The van der Waals surface area contributed by atoms with E-state index in [1.165, 1.54) is 18.5 Å². The molecule has 0 spiro atoms. The van der Waals surface area contributed by atoms with Gasteiger partial charge in [0, 0.05) is 12.4 Å². The van der Waals surface area contributed by atoms with Gasteiger partial charge in [0.05, 0.1) is 12.3 Å². The molecule has 3 nitrogen and oxygen atoms in total. The van der Waals surface area contributed by atoms with Gasteiger partial charge >= 0.3 is 5.97 Å². The van der Waals surface area contributed by atoms with E-state index in [0.29, 0.717) is 11.1 Å². The van der Waals surface area contributed by atoms with Gasteiger partial charge in [0.2, 0.25) is 6.43 Å². The summed E-state index contributed by atoms with van der Waals surface area (Å²) < 4.78 is 25.3. The van der Waals surface area contributed by atoms with Gasteiger partial charge in [-0.2, -0.15) is 0 Å². The molecule has 1 rings (SSSR count). The van der Waals surface area contributed by atoms with Crippen LogP contribution in [-0.2, 0) is 4.79 Å². The number of aliphatic carboxylic acids is 1. The lowest BCUT2D eigenvalue weighted by molar-refractivity contribution is -0.138. The van der Waals surface area contributed by atoms with Gasteiger partial charge < -0.3 is 5.11 Å². The molecule has 1 aromatic heterocycles. The number of alkyl halides is 2. The van der Waals surface area contributed by atoms with Gasteiger partial charge in [0.15, 0.2) is 0 Å². The number of rotatable bonds is 4. The van der Waals surface area contributed by atoms with Crippen LogP contribution in [0.2, 0.25) is 0 Å². The van der Waals surface area contributed by atoms with Crippen molar-refractivity contribution in [2.75, 3.05) is 0 Å². The van der Waals surface area contributed by atoms with E-state index in [-0.39, 0.29) is 0 Å². The Bertz CT molecular complexity index is 355. The van der Waals surface area contributed by atoms with E-state index in [0.717, 1.165) is 0 Å². The van der Waals surface area contributed by atoms with Crippen LogP contribution in [0.3, 0.4) is 0 Å². The van der Waals surface area contributed by atoms with Crippen molar-refractivity contribution < 1.29 is 18.7 Å². The fourth-order valence-electron chi connectivity index (χ4n) is 1.42. The SMILES string of the molecule is Cc1cnccc1C(CC(=O)O)C(F)F. The van der Waals surface area contributed by atoms with E-state index in [9.17, 15) is 13.6 Å². The Hall–Kier alpha value is -1.52. The molecule has 0 aliphatic heterocycles. The molecule has 1 unspecified atom stereocenters. The summed E-state index contributed by atoms with van der Waals surface area (Å²) in [5.41, 5.74) is 0.937. The first-order chi connectivity index (χ1) is 7.02. The Balaban J connectivity index is 2.99. The summed E-state index contributed by atoms with van der Waals surface area (Å²) in [6.45, 7) is 1.64. The number of aromatic nitrogens is 1. The third-order valence-corrected chi connectivity index (χ3v) is 2.16. The van der Waals surface area contributed by atoms with Crippen LogP contribution in [0.25, 0.3) is 0 Å². The quantitative estimate of drug-likeness (QED) is 0.837. The molecule has 1 N–H and O–H groups in total. The minimum atomic E-state index is -2.68. The standard InChI is InChI=1S/C10H11F2NO2/c1-6-5-13-3-2-7(6)8(10(11)12)4-9(14)15/h2-3,5,8,10H,4H2,1H3,(H,14,15). The van der Waals surface area contributed by atoms with E-state index in [1.54, 1.807) is 6.92 Å². The number of hydrogen-bond donors (Lipinski definition) is 1. The van der Waals surface area contributed by atoms with Crippen molar-refractivity contribution in [2.24, 2.45) is 0 Å². The van der Waals surface area contributed by atoms with Crippen LogP contribution in [-0.4, -0.2) is 22.5 Å². The summed E-state index contributed by atoms with van der Waals surface area (Å²) in [6.07, 6.45) is -0.406. The second-order valence-corrected chi connectivity index (χ2v) is 3.27. The summed E-state index contributed by atoms with van der Waals surface area (Å²) in [6, 6.07) is 1.44. The van der Waals surface area contributed by atoms with Crippen molar-refractivity contribution in [3.8, 4) is 0 Å². The summed E-state index contributed by atoms with van der Waals surface area (Å²) in [5, 5.41) is 8.54. The van der Waals surface area contributed by atoms with Crippen LogP contribution in [0.4, 0.5) is 8.78 Å². The highest BCUT2D eigenvalue weighted by Gasteiger charge is 2.26. The Morgan fingerprint density at radius 3 is 2.73 bits per heavy atom. The minimum Gasteiger partial charge on any atom is -0.481 e. The van der Waals surface area contributed by atoms with Crippen LogP contribution in [0.1, 0.15) is 23.5 Å². The lowest BCUT2D eigenvalue weighted by Gasteiger charge is -2.15. The predicted octanol–water partition coefficient (Wildman–Crippen LogP) is 2.21. The second kappa shape index (κ2) is 4.82. The predicted molar refractivity (Wildman–Crippen MR) is 50.0 cm³/mol. The third-order valence-electron chi connectivity index (χ3n) is 2.16. The maximum atomic E-state index is 12.6. The van der Waals surface area contributed by atoms with Gasteiger partial charge in [-0.25, -0.2) is 8.78 Å². The Morgan fingerprint density at radius 2 is 2.27 bits per heavy atom. The van der Waals surface area contributed by atoms with Crippen LogP contribution >= 0.6 is 0 Å². The maximum Gasteiger partial charge on any atom is 0.304 e. The van der Waals surface area contributed by atoms with Gasteiger partial charge in [-0.05, 0) is 24.1 Å². The first kappa shape index (κ1) is 11.6. The van der Waals surface area contributed by atoms with Gasteiger partial charge in [-0.15, -0.1) is 0 Å². The molecule has 0 fully saturated rings. The zero-order chi connectivity index (χ0) is 11.4. The van der Waals surface area contributed by atoms with Crippen molar-refractivity contribution in [3.05, 3.63) is 29.6 Å². The zero-order valence-corrected chi connectivity index (χ0v) is 8.15. The van der Waals surface area contributed by atoms with Crippen molar-refractivity contribution in [2.45, 2.75) is 25.7 Å². The lowest BCUT2D eigenvalue weighted by atomic mass is 9.94. The van der Waals surface area contributed by atoms with E-state index < -0.39 is 24.7 Å². The number of halogens is 2. The van der Waals surface area contributed by atoms with E-state index in [4.69, 9.17) is 5.11 Å². The number of carbonyl (C=O) groups is 1. The average molecular weight is 215 g/mol. The van der Waals surface area contributed by atoms with Crippen molar-refractivity contribution in [1.82, 2.24) is 4.98 Å². The van der Waals surface area contributed by atoms with E-state index in [1.807, 2.05) is 0 Å². The molecule has 1 aromatic rings. The molecule has 82 valence electrons. The summed E-state index contributed by atoms with van der Waals surface area (Å²) >= 11 is 0. The zero-order valence-electron chi connectivity index (χ0n) is 8.15. The van der Waals surface area contributed by atoms with Gasteiger partial charge in [-0.1, -0.05) is 0 Å². The summed E-state index contributed by atoms with van der Waals surface area (Å²) in [4.78, 5) is 14.2. The molecule has 1 atom stereocenters. The minimum absolute atomic E-state index is 0.349. The van der Waals surface area contributed by atoms with Crippen LogP contribution in [0.5, 0.6) is 0 Å². The second-order valence-electron chi connectivity index (χ2n) is 3.27. The van der Waals surface area contributed by atoms with Gasteiger partial charge in [0.1, 0.15) is 0 Å². The molecule has 0 aromatic carbocycles. The molecular weight excluding hydrogens is 204 g/mol. The van der Waals surface area contributed by atoms with Crippen LogP contribution in [0, 0.1) is 6.92 Å². The average Bonchev–Trinajstić information content (AvgIpc) is 2.15. The summed E-state index contributed by atoms with van der Waals surface area (Å²) in [5.74, 6) is -2.48. The number of carboxylic acids is 1. The topological polar surface area (TPSA) is 50.2 Å². The molecule has 0 aliphatic carbocycles. The van der Waals surface area contributed by atoms with Crippen molar-refractivity contribution in [1.29, 1.82) is 0 Å². The molecule has 0 amide bonds. The van der Waals surface area contributed by atoms with Crippen LogP contribution < -0.4 is 0 Å². The first-order valence-electron chi connectivity index (χ1n) is 4.43. The maximum absolute atomic E-state index is 12.6. The normalized spacial score (nSPS) is 12.8. The third kappa shape index (κ3) is 2.97. The molecule has 0 aliphatic rings. The molecule has 1 heterocycles. The molecule has 0 radical (unpaired) electrons. The van der Waals surface area contributed by atoms with Crippen molar-refractivity contribution >= 4 is 5.97 Å². The number of aryl methyl sites for hydroxylation is 1. The van der Waals surface area contributed by atoms with Gasteiger partial charge in [-0.3, -0.25) is 9.78 Å². The fourth-order valence-corrected chi connectivity index (χ4v) is 1.42. The number of nitrogens with zero attached hydrogens (tertiary/aromatic N) is 1. The van der Waals surface area contributed by atoms with Crippen molar-refractivity contribution in [3.63, 3.8) is 0 Å². The van der Waals surface area contributed by atoms with E-state index >= 15 is 0 Å². The first-order valence-corrected chi connectivity index (χ1v) is 4.43. The number of carboxylic acid groups (broad SMARTS) is 1. The Labute approximate surface area is 85.8 Å². The molecule has 0 saturated carbocycles. The Kier molecular flexibility index (Phi) is 3.71. The van der Waals surface area contributed by atoms with Crippen LogP contribution in [0.15, 0.2) is 18.5 Å². The number of hydrogen-bond acceptors (Lipinski definition) is 2. The molecular formula is C10H11F2NO2. The monoisotopic (exact) mass is 215 g/mol. The summed E-state index contributed by atoms with van der Waals surface area (Å²) in [7, 11) is 0. The number of pyridine rings is 1. The highest BCUT2D eigenvalue weighted by molar-refractivity contribution is 5.68. The van der Waals surface area contributed by atoms with Gasteiger partial charge in [0.25, 0.3) is 0 Å².